The number of hydrazone groups is 4. The first-order valence-electron chi connectivity index (χ1n) is 37.6. The number of nitrogens with zero attached hydrogens (tertiary/aromatic N) is 11. The van der Waals surface area contributed by atoms with Crippen LogP contribution in [0.1, 0.15) is 204 Å². The first kappa shape index (κ1) is 80.1. The number of carboxylic acids is 2. The van der Waals surface area contributed by atoms with Gasteiger partial charge in [-0.05, 0) is 153 Å². The summed E-state index contributed by atoms with van der Waals surface area (Å²) in [5, 5.41) is 39.0. The first-order valence-corrected chi connectivity index (χ1v) is 37.9. The van der Waals surface area contributed by atoms with Crippen LogP contribution in [0.4, 0.5) is 9.59 Å². The van der Waals surface area contributed by atoms with Crippen LogP contribution in [0.2, 0.25) is 0 Å². The minimum atomic E-state index is -0.774. The summed E-state index contributed by atoms with van der Waals surface area (Å²) in [4.78, 5) is 101. The SMILES string of the molecule is C1=NNC(c2ccccc2)C1.CC(C)(C)OC(=O)N1CCC(C(=O)N2N=CCC2c2ccccc2)CC1.CC(C)(C)OC(=O)N1CCC(C(=O)O)CC1.O=C(C1CCC1)N1CCC(C(=O)N2N=CCC2c2ccccc2)CC1.O=C(C1CCN(Cl)CC1)N1N=CCC1c1ccccc1.O=C(O)C1CCC1. The average molecular weight is 1460 g/mol. The molecule has 10 aliphatic rings. The second-order valence-corrected chi connectivity index (χ2v) is 30.7. The molecule has 2 saturated carbocycles. The number of piperidine rings is 4. The van der Waals surface area contributed by atoms with Crippen LogP contribution in [0.15, 0.2) is 142 Å². The molecule has 14 rings (SSSR count). The quantitative estimate of drug-likeness (QED) is 0.125. The molecule has 4 unspecified atom stereocenters. The van der Waals surface area contributed by atoms with Gasteiger partial charge < -0.3 is 39.8 Å². The number of benzene rings is 4. The lowest BCUT2D eigenvalue weighted by molar-refractivity contribution is -0.145. The molecule has 6 amide bonds. The largest absolute Gasteiger partial charge is 0.481 e. The second kappa shape index (κ2) is 38.8. The lowest BCUT2D eigenvalue weighted by Gasteiger charge is -2.37. The topological polar surface area (TPSA) is 280 Å². The van der Waals surface area contributed by atoms with E-state index in [4.69, 9.17) is 31.5 Å². The van der Waals surface area contributed by atoms with E-state index in [0.29, 0.717) is 76.9 Å². The highest BCUT2D eigenvalue weighted by Gasteiger charge is 2.40. The predicted molar refractivity (Wildman–Crippen MR) is 403 cm³/mol. The maximum absolute atomic E-state index is 13.0. The van der Waals surface area contributed by atoms with E-state index in [1.165, 1.54) is 12.0 Å². The van der Waals surface area contributed by atoms with Crippen LogP contribution in [0.3, 0.4) is 0 Å². The van der Waals surface area contributed by atoms with Gasteiger partial charge in [0.05, 0.1) is 36.0 Å². The Morgan fingerprint density at radius 1 is 0.381 bits per heavy atom. The van der Waals surface area contributed by atoms with Crippen molar-refractivity contribution in [3.05, 3.63) is 144 Å². The van der Waals surface area contributed by atoms with Crippen molar-refractivity contribution in [2.24, 2.45) is 55.9 Å². The van der Waals surface area contributed by atoms with Crippen LogP contribution in [0.25, 0.3) is 0 Å². The number of nitrogens with one attached hydrogen (secondary N) is 1. The average Bonchev–Trinajstić information content (AvgIpc) is 1.74. The van der Waals surface area contributed by atoms with Crippen LogP contribution in [-0.2, 0) is 38.2 Å². The molecule has 0 bridgehead atoms. The second-order valence-electron chi connectivity index (χ2n) is 30.3. The highest BCUT2D eigenvalue weighted by molar-refractivity contribution is 6.13. The number of carboxylic acid groups (broad SMARTS) is 2. The van der Waals surface area contributed by atoms with Crippen molar-refractivity contribution in [3.63, 3.8) is 0 Å². The number of hydrogen-bond donors (Lipinski definition) is 3. The van der Waals surface area contributed by atoms with Gasteiger partial charge in [-0.15, -0.1) is 0 Å². The molecule has 8 heterocycles. The number of likely N-dealkylation sites (tertiary alicyclic amines) is 3. The third-order valence-corrected chi connectivity index (χ3v) is 20.8. The molecule has 566 valence electrons. The van der Waals surface area contributed by atoms with Gasteiger partial charge in [-0.25, -0.2) is 29.0 Å². The van der Waals surface area contributed by atoms with Crippen molar-refractivity contribution in [1.82, 2.24) is 39.6 Å². The summed E-state index contributed by atoms with van der Waals surface area (Å²) in [6.45, 7) is 16.0. The summed E-state index contributed by atoms with van der Waals surface area (Å²) < 4.78 is 12.4. The smallest absolute Gasteiger partial charge is 0.410 e. The summed E-state index contributed by atoms with van der Waals surface area (Å²) in [7, 11) is 0. The van der Waals surface area contributed by atoms with Crippen molar-refractivity contribution < 1.29 is 58.0 Å². The van der Waals surface area contributed by atoms with Crippen molar-refractivity contribution in [2.45, 2.75) is 192 Å². The van der Waals surface area contributed by atoms with Crippen LogP contribution in [-0.4, -0.2) is 181 Å². The molecule has 4 saturated heterocycles. The van der Waals surface area contributed by atoms with Crippen LogP contribution < -0.4 is 5.43 Å². The Labute approximate surface area is 623 Å². The maximum atomic E-state index is 13.0. The minimum absolute atomic E-state index is 0.000000000000000444. The Hall–Kier alpha value is -9.03. The molecule has 0 aromatic heterocycles. The maximum Gasteiger partial charge on any atom is 0.410 e. The van der Waals surface area contributed by atoms with Crippen LogP contribution in [0, 0.1) is 35.5 Å². The highest BCUT2D eigenvalue weighted by Crippen LogP contribution is 2.37. The zero-order chi connectivity index (χ0) is 75.0. The predicted octanol–water partition coefficient (Wildman–Crippen LogP) is 13.7. The molecule has 4 aromatic carbocycles. The monoisotopic (exact) mass is 1460 g/mol. The molecule has 0 spiro atoms. The zero-order valence-corrected chi connectivity index (χ0v) is 62.5. The van der Waals surface area contributed by atoms with Gasteiger partial charge >= 0.3 is 24.1 Å². The normalized spacial score (nSPS) is 22.1. The van der Waals surface area contributed by atoms with Gasteiger partial charge in [-0.3, -0.25) is 28.8 Å². The molecule has 8 aliphatic heterocycles. The molecule has 0 radical (unpaired) electrons. The van der Waals surface area contributed by atoms with E-state index < -0.39 is 23.1 Å². The standard InChI is InChI=1S/C20H27N3O3.C20H25N3O2.C15H18ClN3O.C11H19NO4.C9H10N2.C5H8O2/c1-20(2,3)26-19(25)22-13-10-16(11-14-22)18(24)23-17(9-12-21-23)15-7-5-4-6-8-15;24-19(16-7-4-8-16)22-13-10-17(11-14-22)20(25)23-18(9-12-21-23)15-5-2-1-3-6-15;16-18-10-7-13(8-11-18)15(20)19-14(6-9-17-19)12-4-2-1-3-5-12;1-11(2,3)16-10(15)12-6-4-8(5-7-12)9(13)14;1-2-4-8(5-3-1)9-6-7-10-11-9;6-5(7)4-2-1-3-4/h4-8,12,16-17H,9-11,13-14H2,1-3H3;1-3,5-6,12,16-18H,4,7-11,13-14H2;1-5,9,13-14H,6-8,10-11H2;8H,4-7H2,1-3H3,(H,13,14);1-5,7,9,11H,6H2;4H,1-3H2,(H,6,7). The number of carbonyl (C=O) groups is 8. The lowest BCUT2D eigenvalue weighted by atomic mass is 9.83. The molecular formula is C80H107ClN12O12. The number of amides is 6. The molecule has 24 nitrogen and oxygen atoms in total. The van der Waals surface area contributed by atoms with Gasteiger partial charge in [-0.2, -0.15) is 20.4 Å². The Balaban J connectivity index is 0.000000152. The zero-order valence-electron chi connectivity index (χ0n) is 61.8. The highest BCUT2D eigenvalue weighted by atomic mass is 35.5. The third kappa shape index (κ3) is 23.7. The van der Waals surface area contributed by atoms with Gasteiger partial charge in [0.2, 0.25) is 23.6 Å². The number of rotatable bonds is 10. The Morgan fingerprint density at radius 3 is 0.962 bits per heavy atom. The van der Waals surface area contributed by atoms with Crippen molar-refractivity contribution in [2.75, 3.05) is 52.4 Å². The fraction of sp³-hybridized carbons (Fsp3) is 0.550. The summed E-state index contributed by atoms with van der Waals surface area (Å²) in [6, 6.07) is 41.0. The minimum Gasteiger partial charge on any atom is -0.481 e. The molecule has 4 aromatic rings. The summed E-state index contributed by atoms with van der Waals surface area (Å²) in [5.41, 5.74) is 6.73. The van der Waals surface area contributed by atoms with E-state index in [0.717, 1.165) is 113 Å². The number of halogens is 1. The van der Waals surface area contributed by atoms with E-state index >= 15 is 0 Å². The van der Waals surface area contributed by atoms with Crippen LogP contribution >= 0.6 is 11.8 Å². The number of aliphatic carboxylic acids is 2. The van der Waals surface area contributed by atoms with Crippen molar-refractivity contribution in [3.8, 4) is 0 Å². The van der Waals surface area contributed by atoms with E-state index in [9.17, 15) is 38.4 Å². The first-order chi connectivity index (χ1) is 50.4. The molecular weight excluding hydrogens is 1360 g/mol. The molecule has 105 heavy (non-hydrogen) atoms. The Morgan fingerprint density at radius 2 is 0.676 bits per heavy atom. The van der Waals surface area contributed by atoms with Gasteiger partial charge in [0.15, 0.2) is 0 Å². The summed E-state index contributed by atoms with van der Waals surface area (Å²) >= 11 is 5.95. The third-order valence-electron chi connectivity index (χ3n) is 20.4. The fourth-order valence-electron chi connectivity index (χ4n) is 13.8. The van der Waals surface area contributed by atoms with E-state index in [1.807, 2.05) is 144 Å². The number of hydrogen-bond acceptors (Lipinski definition) is 16. The lowest BCUT2D eigenvalue weighted by Crippen LogP contribution is -2.46. The van der Waals surface area contributed by atoms with Gasteiger partial charge in [-0.1, -0.05) is 134 Å². The molecule has 4 atom stereocenters. The van der Waals surface area contributed by atoms with Gasteiger partial charge in [0.25, 0.3) is 0 Å². The Kier molecular flexibility index (Phi) is 29.6. The molecule has 6 fully saturated rings. The fourth-order valence-corrected chi connectivity index (χ4v) is 14.0. The van der Waals surface area contributed by atoms with E-state index in [-0.39, 0.29) is 83.5 Å². The van der Waals surface area contributed by atoms with E-state index in [1.54, 1.807) is 29.2 Å². The molecule has 2 aliphatic carbocycles. The summed E-state index contributed by atoms with van der Waals surface area (Å²) in [6.07, 6.45) is 21.7. The van der Waals surface area contributed by atoms with Gasteiger partial charge in [0, 0.05) is 127 Å². The van der Waals surface area contributed by atoms with Crippen LogP contribution in [0.5, 0.6) is 0 Å². The number of ether oxygens (including phenoxy) is 2. The molecule has 3 N–H and O–H groups in total. The number of carbonyl (C=O) groups excluding carboxylic acids is 6. The van der Waals surface area contributed by atoms with Crippen molar-refractivity contribution >= 4 is 84.4 Å². The molecule has 25 heteroatoms. The van der Waals surface area contributed by atoms with Crippen molar-refractivity contribution in [1.29, 1.82) is 0 Å². The summed E-state index contributed by atoms with van der Waals surface area (Å²) in [5.74, 6) is -0.939. The van der Waals surface area contributed by atoms with Gasteiger partial charge in [0.1, 0.15) is 11.2 Å². The van der Waals surface area contributed by atoms with E-state index in [2.05, 4.69) is 74.4 Å². The Bertz CT molecular complexity index is 3590.